The van der Waals surface area contributed by atoms with Crippen molar-refractivity contribution < 1.29 is 10.2 Å². The summed E-state index contributed by atoms with van der Waals surface area (Å²) >= 11 is 0. The van der Waals surface area contributed by atoms with E-state index in [4.69, 9.17) is 0 Å². The fourth-order valence-electron chi connectivity index (χ4n) is 5.84. The molecule has 0 radical (unpaired) electrons. The quantitative estimate of drug-likeness (QED) is 0.854. The lowest BCUT2D eigenvalue weighted by Crippen LogP contribution is -2.66. The molecule has 2 aliphatic carbocycles. The van der Waals surface area contributed by atoms with E-state index >= 15 is 0 Å². The zero-order chi connectivity index (χ0) is 16.2. The van der Waals surface area contributed by atoms with Gasteiger partial charge in [-0.15, -0.1) is 12.4 Å². The smallest absolute Gasteiger partial charge is 0.115 e. The Labute approximate surface area is 151 Å². The summed E-state index contributed by atoms with van der Waals surface area (Å²) in [5.41, 5.74) is 2.96. The summed E-state index contributed by atoms with van der Waals surface area (Å²) in [6, 6.07) is 6.56. The van der Waals surface area contributed by atoms with Crippen LogP contribution in [0.2, 0.25) is 0 Å². The first-order valence-electron chi connectivity index (χ1n) is 9.18. The first-order chi connectivity index (χ1) is 11.0. The fourth-order valence-corrected chi connectivity index (χ4v) is 5.84. The number of aromatic hydroxyl groups is 1. The highest BCUT2D eigenvalue weighted by atomic mass is 35.5. The molecule has 3 nitrogen and oxygen atoms in total. The second-order valence-corrected chi connectivity index (χ2v) is 8.54. The maximum absolute atomic E-state index is 10.0. The van der Waals surface area contributed by atoms with Gasteiger partial charge < -0.3 is 10.2 Å². The van der Waals surface area contributed by atoms with Crippen LogP contribution in [0.1, 0.15) is 57.1 Å². The molecule has 3 aliphatic rings. The number of rotatable bonds is 2. The lowest BCUT2D eigenvalue weighted by Gasteiger charge is -2.61. The number of piperidine rings is 1. The van der Waals surface area contributed by atoms with Crippen LogP contribution in [-0.4, -0.2) is 39.8 Å². The molecule has 1 aliphatic heterocycles. The summed E-state index contributed by atoms with van der Waals surface area (Å²) in [5.74, 6) is 1.09. The molecule has 3 atom stereocenters. The zero-order valence-electron chi connectivity index (χ0n) is 14.8. The van der Waals surface area contributed by atoms with Crippen LogP contribution in [-0.2, 0) is 11.8 Å². The van der Waals surface area contributed by atoms with E-state index in [1.54, 1.807) is 0 Å². The third-order valence-corrected chi connectivity index (χ3v) is 6.98. The largest absolute Gasteiger partial charge is 0.508 e. The van der Waals surface area contributed by atoms with Crippen molar-refractivity contribution in [2.24, 2.45) is 5.92 Å². The number of hydrogen-bond donors (Lipinski definition) is 2. The first kappa shape index (κ1) is 18.0. The highest BCUT2D eigenvalue weighted by Gasteiger charge is 2.55. The van der Waals surface area contributed by atoms with Crippen molar-refractivity contribution in [3.63, 3.8) is 0 Å². The number of phenolic OH excluding ortho intramolecular Hbond substituents is 1. The van der Waals surface area contributed by atoms with Crippen LogP contribution in [0.25, 0.3) is 0 Å². The SMILES string of the molecule is CC(C)(CO)N1CC[C@]23CCCC[C@H]2[C@H]1Cc1ccc(O)cc13.Cl. The number of halogens is 1. The van der Waals surface area contributed by atoms with Gasteiger partial charge in [0.25, 0.3) is 0 Å². The molecule has 4 rings (SSSR count). The number of phenols is 1. The van der Waals surface area contributed by atoms with E-state index in [0.29, 0.717) is 17.7 Å². The van der Waals surface area contributed by atoms with Gasteiger partial charge in [-0.05, 0) is 75.3 Å². The normalized spacial score (nSPS) is 32.5. The van der Waals surface area contributed by atoms with Crippen LogP contribution in [0.15, 0.2) is 18.2 Å². The predicted octanol–water partition coefficient (Wildman–Crippen LogP) is 3.64. The minimum atomic E-state index is -0.150. The molecule has 1 heterocycles. The molecule has 0 amide bonds. The van der Waals surface area contributed by atoms with E-state index in [9.17, 15) is 10.2 Å². The Balaban J connectivity index is 0.00000169. The Morgan fingerprint density at radius 2 is 2.04 bits per heavy atom. The van der Waals surface area contributed by atoms with Crippen molar-refractivity contribution >= 4 is 12.4 Å². The number of likely N-dealkylation sites (tertiary alicyclic amines) is 1. The topological polar surface area (TPSA) is 43.7 Å². The second kappa shape index (κ2) is 6.19. The van der Waals surface area contributed by atoms with E-state index in [-0.39, 0.29) is 30.0 Å². The number of nitrogens with zero attached hydrogens (tertiary/aromatic N) is 1. The van der Waals surface area contributed by atoms with Crippen molar-refractivity contribution in [1.29, 1.82) is 0 Å². The lowest BCUT2D eigenvalue weighted by molar-refractivity contribution is -0.0745. The number of benzene rings is 1. The van der Waals surface area contributed by atoms with E-state index in [1.165, 1.54) is 36.8 Å². The van der Waals surface area contributed by atoms with Gasteiger partial charge in [-0.25, -0.2) is 0 Å². The van der Waals surface area contributed by atoms with Gasteiger partial charge in [0.2, 0.25) is 0 Å². The van der Waals surface area contributed by atoms with Gasteiger partial charge in [-0.3, -0.25) is 4.90 Å². The summed E-state index contributed by atoms with van der Waals surface area (Å²) in [6.45, 7) is 5.62. The van der Waals surface area contributed by atoms with E-state index < -0.39 is 0 Å². The molecule has 1 aromatic carbocycles. The Bertz CT molecular complexity index is 618. The number of hydrogen-bond acceptors (Lipinski definition) is 3. The van der Waals surface area contributed by atoms with Crippen molar-refractivity contribution in [3.8, 4) is 5.75 Å². The van der Waals surface area contributed by atoms with Crippen LogP contribution in [0.5, 0.6) is 5.75 Å². The summed E-state index contributed by atoms with van der Waals surface area (Å²) < 4.78 is 0. The molecule has 4 heteroatoms. The molecule has 1 saturated heterocycles. The molecule has 1 aromatic rings. The van der Waals surface area contributed by atoms with Crippen LogP contribution < -0.4 is 0 Å². The van der Waals surface area contributed by atoms with Gasteiger partial charge in [0.05, 0.1) is 6.61 Å². The summed E-state index contributed by atoms with van der Waals surface area (Å²) in [6.07, 6.45) is 7.40. The summed E-state index contributed by atoms with van der Waals surface area (Å²) in [4.78, 5) is 2.58. The molecular weight excluding hydrogens is 322 g/mol. The van der Waals surface area contributed by atoms with Crippen molar-refractivity contribution in [2.45, 2.75) is 69.4 Å². The van der Waals surface area contributed by atoms with Crippen molar-refractivity contribution in [3.05, 3.63) is 29.3 Å². The van der Waals surface area contributed by atoms with Crippen LogP contribution in [0.4, 0.5) is 0 Å². The van der Waals surface area contributed by atoms with Gasteiger partial charge in [0.15, 0.2) is 0 Å². The molecule has 0 aromatic heterocycles. The standard InChI is InChI=1S/C20H29NO2.ClH/c1-19(2,13-22)21-10-9-20-8-4-3-5-16(20)18(21)11-14-6-7-15(23)12-17(14)20;/h6-7,12,16,18,22-23H,3-5,8-11,13H2,1-2H3;1H/t16-,18+,20+;/m0./s1. The monoisotopic (exact) mass is 351 g/mol. The highest BCUT2D eigenvalue weighted by Crippen LogP contribution is 2.57. The highest BCUT2D eigenvalue weighted by molar-refractivity contribution is 5.85. The van der Waals surface area contributed by atoms with Gasteiger partial charge in [0.1, 0.15) is 5.75 Å². The second-order valence-electron chi connectivity index (χ2n) is 8.54. The molecule has 2 N–H and O–H groups in total. The van der Waals surface area contributed by atoms with Crippen molar-refractivity contribution in [2.75, 3.05) is 13.2 Å². The third kappa shape index (κ3) is 2.48. The van der Waals surface area contributed by atoms with Crippen LogP contribution >= 0.6 is 12.4 Å². The summed E-state index contributed by atoms with van der Waals surface area (Å²) in [5, 5.41) is 19.9. The third-order valence-electron chi connectivity index (χ3n) is 6.98. The van der Waals surface area contributed by atoms with Crippen LogP contribution in [0, 0.1) is 5.92 Å². The molecule has 0 spiro atoms. The minimum absolute atomic E-state index is 0. The molecule has 0 unspecified atom stereocenters. The molecule has 134 valence electrons. The Kier molecular flexibility index (Phi) is 4.65. The predicted molar refractivity (Wildman–Crippen MR) is 99.0 cm³/mol. The summed E-state index contributed by atoms with van der Waals surface area (Å²) in [7, 11) is 0. The average molecular weight is 352 g/mol. The molecule has 1 saturated carbocycles. The van der Waals surface area contributed by atoms with Crippen molar-refractivity contribution in [1.82, 2.24) is 4.90 Å². The maximum atomic E-state index is 10.0. The van der Waals surface area contributed by atoms with Gasteiger partial charge in [-0.2, -0.15) is 0 Å². The average Bonchev–Trinajstić information content (AvgIpc) is 2.55. The first-order valence-corrected chi connectivity index (χ1v) is 9.18. The van der Waals surface area contributed by atoms with E-state index in [1.807, 2.05) is 6.07 Å². The fraction of sp³-hybridized carbons (Fsp3) is 0.700. The number of fused-ring (bicyclic) bond motifs is 1. The van der Waals surface area contributed by atoms with Gasteiger partial charge in [-0.1, -0.05) is 18.9 Å². The zero-order valence-corrected chi connectivity index (χ0v) is 15.6. The lowest BCUT2D eigenvalue weighted by atomic mass is 9.52. The maximum Gasteiger partial charge on any atom is 0.115 e. The Morgan fingerprint density at radius 3 is 2.79 bits per heavy atom. The molecule has 24 heavy (non-hydrogen) atoms. The number of aliphatic hydroxyl groups is 1. The van der Waals surface area contributed by atoms with E-state index in [0.717, 1.165) is 19.4 Å². The van der Waals surface area contributed by atoms with Gasteiger partial charge in [0, 0.05) is 17.0 Å². The van der Waals surface area contributed by atoms with Crippen LogP contribution in [0.3, 0.4) is 0 Å². The molecular formula is C20H30ClNO2. The van der Waals surface area contributed by atoms with Gasteiger partial charge >= 0.3 is 0 Å². The minimum Gasteiger partial charge on any atom is -0.508 e. The van der Waals surface area contributed by atoms with E-state index in [2.05, 4.69) is 30.9 Å². The Hall–Kier alpha value is -0.770. The Morgan fingerprint density at radius 1 is 1.25 bits per heavy atom. The molecule has 2 bridgehead atoms. The number of aliphatic hydroxyl groups excluding tert-OH is 1. The molecule has 2 fully saturated rings.